The average molecular weight is 441 g/mol. The van der Waals surface area contributed by atoms with Crippen LogP contribution in [0.15, 0.2) is 30.3 Å². The van der Waals surface area contributed by atoms with E-state index in [0.717, 1.165) is 0 Å². The van der Waals surface area contributed by atoms with E-state index in [2.05, 4.69) is 31.2 Å². The molecule has 0 fully saturated rings. The Kier molecular flexibility index (Phi) is 30.6. The topological polar surface area (TPSA) is 74.6 Å². The van der Waals surface area contributed by atoms with Gasteiger partial charge >= 0.3 is 175 Å². The number of unbranched alkanes of at least 4 members (excludes halogenated alkanes) is 9. The number of hydrogen-bond acceptors (Lipinski definition) is 2. The molecule has 0 unspecified atom stereocenters. The van der Waals surface area contributed by atoms with E-state index in [1.807, 2.05) is 27.8 Å². The molecule has 0 aromatic heterocycles. The Morgan fingerprint density at radius 2 is 1.22 bits per heavy atom. The first kappa shape index (κ1) is 32.8. The molecule has 2 N–H and O–H groups in total. The second-order valence-electron chi connectivity index (χ2n) is 6.37. The van der Waals surface area contributed by atoms with Crippen LogP contribution in [0.1, 0.15) is 76.7 Å². The van der Waals surface area contributed by atoms with Gasteiger partial charge in [-0.05, 0) is 0 Å². The van der Waals surface area contributed by atoms with Crippen molar-refractivity contribution in [3.05, 3.63) is 35.9 Å². The molecule has 0 aliphatic heterocycles. The molecule has 0 atom stereocenters. The molecule has 0 spiro atoms. The van der Waals surface area contributed by atoms with Crippen LogP contribution in [0.25, 0.3) is 0 Å². The second-order valence-corrected chi connectivity index (χ2v) is 8.76. The normalized spacial score (nSPS) is 10.0. The monoisotopic (exact) mass is 440 g/mol. The summed E-state index contributed by atoms with van der Waals surface area (Å²) in [5.74, 6) is 0. The first-order chi connectivity index (χ1) is 12.3. The summed E-state index contributed by atoms with van der Waals surface area (Å²) in [4.78, 5) is 0. The first-order valence-electron chi connectivity index (χ1n) is 9.88. The van der Waals surface area contributed by atoms with Gasteiger partial charge in [0.1, 0.15) is 0 Å². The molecule has 0 amide bonds. The summed E-state index contributed by atoms with van der Waals surface area (Å²) < 4.78 is 34.3. The van der Waals surface area contributed by atoms with Crippen LogP contribution in [-0.4, -0.2) is 67.2 Å². The van der Waals surface area contributed by atoms with Crippen molar-refractivity contribution < 1.29 is 29.9 Å². The van der Waals surface area contributed by atoms with E-state index in [1.54, 1.807) is 0 Å². The van der Waals surface area contributed by atoms with Gasteiger partial charge in [0.15, 0.2) is 0 Å². The molecule has 1 aromatic carbocycles. The van der Waals surface area contributed by atoms with Crippen LogP contribution in [0.3, 0.4) is 0 Å². The van der Waals surface area contributed by atoms with Gasteiger partial charge in [-0.15, -0.1) is 0 Å². The van der Waals surface area contributed by atoms with Crippen molar-refractivity contribution in [2.45, 2.75) is 79.4 Å². The summed E-state index contributed by atoms with van der Waals surface area (Å²) in [6.45, 7) is 2.29. The van der Waals surface area contributed by atoms with Crippen molar-refractivity contribution in [3.63, 3.8) is 0 Å². The summed E-state index contributed by atoms with van der Waals surface area (Å²) in [6, 6.07) is 10.5. The molecule has 27 heavy (non-hydrogen) atoms. The molecule has 150 valence electrons. The van der Waals surface area contributed by atoms with E-state index in [0.29, 0.717) is 0 Å². The first-order valence-corrected chi connectivity index (χ1v) is 13.7. The molecule has 0 aliphatic carbocycles. The third-order valence-electron chi connectivity index (χ3n) is 3.84. The van der Waals surface area contributed by atoms with E-state index >= 15 is 0 Å². The van der Waals surface area contributed by atoms with Gasteiger partial charge in [-0.25, -0.2) is 0 Å². The molecule has 1 rings (SSSR count). The van der Waals surface area contributed by atoms with E-state index in [9.17, 15) is 0 Å². The van der Waals surface area contributed by atoms with Crippen LogP contribution in [-0.2, 0) is 14.9 Å². The molecule has 0 bridgehead atoms. The Balaban J connectivity index is -0.000000350. The van der Waals surface area contributed by atoms with Crippen molar-refractivity contribution in [2.24, 2.45) is 0 Å². The van der Waals surface area contributed by atoms with E-state index in [-0.39, 0.29) is 12.4 Å². The van der Waals surface area contributed by atoms with E-state index in [4.69, 9.17) is 17.5 Å². The summed E-state index contributed by atoms with van der Waals surface area (Å²) in [5.41, 5.74) is 1.42. The SMILES string of the molecule is CCCCCCCCCCC[CH2][Na].O=S(=O)(O)O.[Cl-].[Mg+][CH2]c1ccccc1. The van der Waals surface area contributed by atoms with Crippen LogP contribution >= 0.6 is 0 Å². The molecule has 0 saturated carbocycles. The number of halogens is 1. The minimum atomic E-state index is -4.67. The Morgan fingerprint density at radius 3 is 1.52 bits per heavy atom. The summed E-state index contributed by atoms with van der Waals surface area (Å²) >= 11 is 3.39. The summed E-state index contributed by atoms with van der Waals surface area (Å²) in [5, 5.41) is 0. The Bertz CT molecular complexity index is 472. The Morgan fingerprint density at radius 1 is 0.852 bits per heavy atom. The standard InChI is InChI=1S/C12H25.C7H7.ClH.Mg.Na.H2O4S/c1-3-5-7-9-11-12-10-8-6-4-2;1-7-5-3-2-4-6-7;;;;1-5(2,3)4/h1,3-12H2,2H3;2-6H,1H2;1H;;;(H2,1,2,3,4)/q;;;+1;;/p-1. The molecule has 4 nitrogen and oxygen atoms in total. The zero-order chi connectivity index (χ0) is 20.1. The summed E-state index contributed by atoms with van der Waals surface area (Å²) in [7, 11) is -4.67. The van der Waals surface area contributed by atoms with Crippen molar-refractivity contribution >= 4 is 60.0 Å². The van der Waals surface area contributed by atoms with Crippen molar-refractivity contribution in [3.8, 4) is 0 Å². The van der Waals surface area contributed by atoms with Gasteiger partial charge in [-0.3, -0.25) is 9.11 Å². The molecule has 0 heterocycles. The zero-order valence-corrected chi connectivity index (χ0v) is 22.1. The molecular formula is C19H34ClMgNaO4S. The number of rotatable bonds is 11. The van der Waals surface area contributed by atoms with Gasteiger partial charge in [0.2, 0.25) is 0 Å². The molecule has 0 radical (unpaired) electrons. The number of hydrogen-bond donors (Lipinski definition) is 2. The van der Waals surface area contributed by atoms with Gasteiger partial charge < -0.3 is 12.4 Å². The number of benzene rings is 1. The molecule has 8 heteroatoms. The molecular weight excluding hydrogens is 407 g/mol. The fourth-order valence-electron chi connectivity index (χ4n) is 2.38. The van der Waals surface area contributed by atoms with Crippen molar-refractivity contribution in [1.82, 2.24) is 0 Å². The van der Waals surface area contributed by atoms with Crippen LogP contribution in [0.5, 0.6) is 0 Å². The van der Waals surface area contributed by atoms with Gasteiger partial charge in [0.25, 0.3) is 0 Å². The van der Waals surface area contributed by atoms with Crippen LogP contribution in [0.2, 0.25) is 3.67 Å². The van der Waals surface area contributed by atoms with Crippen LogP contribution in [0.4, 0.5) is 0 Å². The predicted octanol–water partition coefficient (Wildman–Crippen LogP) is 2.20. The quantitative estimate of drug-likeness (QED) is 0.314. The Labute approximate surface area is 203 Å². The van der Waals surface area contributed by atoms with Gasteiger partial charge in [-0.1, -0.05) is 0 Å². The van der Waals surface area contributed by atoms with Crippen molar-refractivity contribution in [2.75, 3.05) is 0 Å². The third kappa shape index (κ3) is 38.4. The fourth-order valence-corrected chi connectivity index (χ4v) is 3.22. The van der Waals surface area contributed by atoms with Gasteiger partial charge in [-0.2, -0.15) is 8.42 Å². The van der Waals surface area contributed by atoms with E-state index in [1.165, 1.54) is 106 Å². The molecule has 0 aliphatic rings. The average Bonchev–Trinajstić information content (AvgIpc) is 2.60. The van der Waals surface area contributed by atoms with E-state index < -0.39 is 10.4 Å². The molecule has 0 saturated heterocycles. The van der Waals surface area contributed by atoms with Crippen molar-refractivity contribution in [1.29, 1.82) is 0 Å². The maximum absolute atomic E-state index is 8.74. The van der Waals surface area contributed by atoms with Crippen LogP contribution < -0.4 is 12.4 Å². The zero-order valence-electron chi connectivity index (χ0n) is 17.1. The fraction of sp³-hybridized carbons (Fsp3) is 0.684. The maximum atomic E-state index is 8.74. The predicted molar refractivity (Wildman–Crippen MR) is 112 cm³/mol. The second kappa shape index (κ2) is 25.2. The van der Waals surface area contributed by atoms with Crippen LogP contribution in [0, 0.1) is 0 Å². The summed E-state index contributed by atoms with van der Waals surface area (Å²) in [6.07, 6.45) is 14.7. The third-order valence-corrected chi connectivity index (χ3v) is 5.12. The minimum absolute atomic E-state index is 0. The molecule has 1 aromatic rings. The van der Waals surface area contributed by atoms with Gasteiger partial charge in [0.05, 0.1) is 0 Å². The Hall–Kier alpha value is 1.15. The van der Waals surface area contributed by atoms with Gasteiger partial charge in [0, 0.05) is 0 Å².